The van der Waals surface area contributed by atoms with Crippen LogP contribution in [0.25, 0.3) is 0 Å². The third kappa shape index (κ3) is 3.09. The Hall–Kier alpha value is -1.05. The molecule has 0 aromatic rings. The molecule has 2 fully saturated rings. The lowest BCUT2D eigenvalue weighted by molar-refractivity contribution is -0.119. The number of methoxy groups -OCH3 is 1. The zero-order chi connectivity index (χ0) is 15.7. The molecule has 0 N–H and O–H groups in total. The number of hydrogen-bond donors (Lipinski definition) is 0. The minimum absolute atomic E-state index is 0.160. The van der Waals surface area contributed by atoms with Gasteiger partial charge in [-0.15, -0.1) is 0 Å². The van der Waals surface area contributed by atoms with Gasteiger partial charge in [0.25, 0.3) is 0 Å². The van der Waals surface area contributed by atoms with Crippen LogP contribution in [0.1, 0.15) is 59.3 Å². The normalized spacial score (nSPS) is 35.5. The number of ketones is 1. The fourth-order valence-electron chi connectivity index (χ4n) is 5.06. The summed E-state index contributed by atoms with van der Waals surface area (Å²) in [5, 5.41) is 0. The van der Waals surface area contributed by atoms with Gasteiger partial charge in [-0.3, -0.25) is 4.79 Å². The van der Waals surface area contributed by atoms with Crippen LogP contribution in [0, 0.1) is 22.7 Å². The van der Waals surface area contributed by atoms with Gasteiger partial charge >= 0.3 is 0 Å². The third-order valence-electron chi connectivity index (χ3n) is 6.11. The molecule has 0 aromatic heterocycles. The lowest BCUT2D eigenvalue weighted by atomic mass is 9.47. The fourth-order valence-corrected chi connectivity index (χ4v) is 5.06. The van der Waals surface area contributed by atoms with E-state index in [1.165, 1.54) is 37.5 Å². The minimum atomic E-state index is 0.160. The zero-order valence-corrected chi connectivity index (χ0v) is 14.1. The number of carbonyl (C=O) groups excluding carboxylic acids is 1. The van der Waals surface area contributed by atoms with Gasteiger partial charge in [0.1, 0.15) is 0 Å². The monoisotopic (exact) mass is 290 g/mol. The van der Waals surface area contributed by atoms with Gasteiger partial charge in [-0.05, 0) is 48.3 Å². The smallest absolute Gasteiger partial charge is 0.159 e. The van der Waals surface area contributed by atoms with Crippen LogP contribution in [-0.2, 0) is 9.53 Å². The molecule has 0 radical (unpaired) electrons. The first kappa shape index (κ1) is 16.3. The van der Waals surface area contributed by atoms with Crippen molar-refractivity contribution in [2.24, 2.45) is 22.7 Å². The second kappa shape index (κ2) is 5.98. The molecule has 2 rings (SSSR count). The lowest BCUT2D eigenvalue weighted by Crippen LogP contribution is -2.49. The summed E-state index contributed by atoms with van der Waals surface area (Å²) in [7, 11) is 1.57. The van der Waals surface area contributed by atoms with Gasteiger partial charge in [-0.25, -0.2) is 0 Å². The van der Waals surface area contributed by atoms with Crippen LogP contribution >= 0.6 is 0 Å². The number of fused-ring (bicyclic) bond motifs is 1. The second-order valence-electron chi connectivity index (χ2n) is 7.86. The highest BCUT2D eigenvalue weighted by atomic mass is 16.5. The molecule has 0 aromatic carbocycles. The summed E-state index contributed by atoms with van der Waals surface area (Å²) in [6.45, 7) is 11.5. The van der Waals surface area contributed by atoms with Crippen molar-refractivity contribution in [2.75, 3.05) is 7.11 Å². The molecule has 0 heterocycles. The van der Waals surface area contributed by atoms with Crippen LogP contribution in [-0.4, -0.2) is 12.9 Å². The molecule has 118 valence electrons. The van der Waals surface area contributed by atoms with Gasteiger partial charge in [0.05, 0.1) is 13.4 Å². The molecule has 2 heteroatoms. The molecule has 3 unspecified atom stereocenters. The van der Waals surface area contributed by atoms with Crippen LogP contribution in [0.2, 0.25) is 0 Å². The first-order valence-electron chi connectivity index (χ1n) is 8.21. The maximum atomic E-state index is 12.2. The van der Waals surface area contributed by atoms with Crippen molar-refractivity contribution in [3.05, 3.63) is 24.5 Å². The maximum Gasteiger partial charge on any atom is 0.159 e. The van der Waals surface area contributed by atoms with E-state index >= 15 is 0 Å². The minimum Gasteiger partial charge on any atom is -0.504 e. The van der Waals surface area contributed by atoms with Crippen molar-refractivity contribution in [3.8, 4) is 0 Å². The first-order chi connectivity index (χ1) is 9.81. The number of hydrogen-bond acceptors (Lipinski definition) is 2. The van der Waals surface area contributed by atoms with Gasteiger partial charge in [-0.1, -0.05) is 39.3 Å². The first-order valence-corrected chi connectivity index (χ1v) is 8.21. The van der Waals surface area contributed by atoms with Crippen molar-refractivity contribution in [2.45, 2.75) is 59.3 Å². The fraction of sp³-hybridized carbons (Fsp3) is 0.737. The van der Waals surface area contributed by atoms with Crippen molar-refractivity contribution >= 4 is 5.78 Å². The molecular formula is C19H30O2. The van der Waals surface area contributed by atoms with Crippen LogP contribution in [0.15, 0.2) is 24.5 Å². The molecule has 0 amide bonds. The van der Waals surface area contributed by atoms with E-state index in [4.69, 9.17) is 4.74 Å². The summed E-state index contributed by atoms with van der Waals surface area (Å²) in [5.41, 5.74) is 1.90. The molecule has 2 aliphatic carbocycles. The second-order valence-corrected chi connectivity index (χ2v) is 7.86. The van der Waals surface area contributed by atoms with Gasteiger partial charge in [0.2, 0.25) is 0 Å². The number of allylic oxidation sites excluding steroid dienone is 2. The van der Waals surface area contributed by atoms with Crippen LogP contribution < -0.4 is 0 Å². The van der Waals surface area contributed by atoms with E-state index in [1.54, 1.807) is 13.2 Å². The van der Waals surface area contributed by atoms with E-state index in [0.717, 1.165) is 6.42 Å². The van der Waals surface area contributed by atoms with E-state index in [2.05, 4.69) is 27.4 Å². The molecule has 2 saturated carbocycles. The highest BCUT2D eigenvalue weighted by molar-refractivity contribution is 5.89. The zero-order valence-electron chi connectivity index (χ0n) is 14.1. The van der Waals surface area contributed by atoms with Crippen molar-refractivity contribution in [3.63, 3.8) is 0 Å². The Bertz CT molecular complexity index is 446. The molecule has 0 bridgehead atoms. The predicted molar refractivity (Wildman–Crippen MR) is 86.9 cm³/mol. The topological polar surface area (TPSA) is 26.3 Å². The third-order valence-corrected chi connectivity index (χ3v) is 6.11. The molecule has 0 spiro atoms. The van der Waals surface area contributed by atoms with Crippen LogP contribution in [0.5, 0.6) is 0 Å². The summed E-state index contributed by atoms with van der Waals surface area (Å²) in [6, 6.07) is 0. The summed E-state index contributed by atoms with van der Waals surface area (Å²) >= 11 is 0. The molecule has 21 heavy (non-hydrogen) atoms. The van der Waals surface area contributed by atoms with Crippen molar-refractivity contribution in [1.29, 1.82) is 0 Å². The highest BCUT2D eigenvalue weighted by Gasteiger charge is 2.52. The summed E-state index contributed by atoms with van der Waals surface area (Å²) in [5.74, 6) is 1.19. The molecule has 2 aliphatic rings. The summed E-state index contributed by atoms with van der Waals surface area (Å²) < 4.78 is 4.87. The van der Waals surface area contributed by atoms with E-state index in [0.29, 0.717) is 23.7 Å². The maximum absolute atomic E-state index is 12.2. The molecule has 2 nitrogen and oxygen atoms in total. The quantitative estimate of drug-likeness (QED) is 0.418. The summed E-state index contributed by atoms with van der Waals surface area (Å²) in [4.78, 5) is 12.2. The largest absolute Gasteiger partial charge is 0.504 e. The molecule has 0 saturated heterocycles. The van der Waals surface area contributed by atoms with Gasteiger partial charge in [-0.2, -0.15) is 0 Å². The molecular weight excluding hydrogens is 260 g/mol. The highest BCUT2D eigenvalue weighted by Crippen LogP contribution is 2.61. The Morgan fingerprint density at radius 2 is 2.10 bits per heavy atom. The van der Waals surface area contributed by atoms with E-state index < -0.39 is 0 Å². The Kier molecular flexibility index (Phi) is 4.65. The average Bonchev–Trinajstić information content (AvgIpc) is 2.39. The summed E-state index contributed by atoms with van der Waals surface area (Å²) in [6.07, 6.45) is 9.76. The Morgan fingerprint density at radius 1 is 1.38 bits per heavy atom. The average molecular weight is 290 g/mol. The number of ether oxygens (including phenoxy) is 1. The van der Waals surface area contributed by atoms with Crippen molar-refractivity contribution < 1.29 is 9.53 Å². The number of carbonyl (C=O) groups is 1. The van der Waals surface area contributed by atoms with Gasteiger partial charge in [0.15, 0.2) is 5.78 Å². The van der Waals surface area contributed by atoms with Gasteiger partial charge < -0.3 is 4.74 Å². The molecule has 0 aliphatic heterocycles. The van der Waals surface area contributed by atoms with Crippen LogP contribution in [0.4, 0.5) is 0 Å². The Labute approximate surface area is 129 Å². The standard InChI is InChI=1S/C19H30O2/c1-14-7-8-17-18(2,3)10-6-11-19(17,4)16(14)13-15(20)9-12-21-5/h9,12,16-17H,1,6-8,10-11,13H2,2-5H3. The number of rotatable bonds is 4. The SMILES string of the molecule is C=C1CCC2C(C)(C)CCCC2(C)C1CC(=O)C=COC. The predicted octanol–water partition coefficient (Wildman–Crippen LogP) is 4.90. The van der Waals surface area contributed by atoms with E-state index in [-0.39, 0.29) is 11.2 Å². The Morgan fingerprint density at radius 3 is 2.76 bits per heavy atom. The van der Waals surface area contributed by atoms with Gasteiger partial charge in [0, 0.05) is 12.5 Å². The van der Waals surface area contributed by atoms with E-state index in [9.17, 15) is 4.79 Å². The molecule has 3 atom stereocenters. The Balaban J connectivity index is 2.23. The lowest BCUT2D eigenvalue weighted by Gasteiger charge is -2.58. The van der Waals surface area contributed by atoms with E-state index in [1.807, 2.05) is 0 Å². The van der Waals surface area contributed by atoms with Crippen molar-refractivity contribution in [1.82, 2.24) is 0 Å². The van der Waals surface area contributed by atoms with Crippen LogP contribution in [0.3, 0.4) is 0 Å².